The maximum absolute atomic E-state index is 13.7. The molecule has 0 spiro atoms. The number of rotatable bonds is 3. The number of anilines is 1. The molecule has 1 atom stereocenters. The van der Waals surface area contributed by atoms with Gasteiger partial charge in [-0.25, -0.2) is 14.2 Å². The van der Waals surface area contributed by atoms with Crippen LogP contribution in [0.4, 0.5) is 14.3 Å². The molecule has 2 amide bonds. The highest BCUT2D eigenvalue weighted by Gasteiger charge is 2.35. The monoisotopic (exact) mass is 381 g/mol. The maximum Gasteiger partial charge on any atom is 0.321 e. The number of halogens is 4. The summed E-state index contributed by atoms with van der Waals surface area (Å²) in [6.07, 6.45) is 1.54. The first kappa shape index (κ1) is 17.3. The lowest BCUT2D eigenvalue weighted by atomic mass is 10.1. The van der Waals surface area contributed by atoms with E-state index in [-0.39, 0.29) is 0 Å². The van der Waals surface area contributed by atoms with Gasteiger partial charge < -0.3 is 5.32 Å². The lowest BCUT2D eigenvalue weighted by molar-refractivity contribution is 0.248. The highest BCUT2D eigenvalue weighted by atomic mass is 35.6. The number of aryl methyl sites for hydroxylation is 1. The summed E-state index contributed by atoms with van der Waals surface area (Å²) in [4.78, 5) is 15.9. The largest absolute Gasteiger partial charge is 0.327 e. The second kappa shape index (κ2) is 7.00. The molecule has 0 unspecified atom stereocenters. The molecule has 2 N–H and O–H groups in total. The first-order chi connectivity index (χ1) is 10.3. The number of aromatic nitrogens is 1. The van der Waals surface area contributed by atoms with E-state index in [1.807, 2.05) is 0 Å². The predicted molar refractivity (Wildman–Crippen MR) is 88.4 cm³/mol. The quantitative estimate of drug-likeness (QED) is 0.748. The van der Waals surface area contributed by atoms with Gasteiger partial charge in [-0.05, 0) is 24.1 Å². The molecule has 1 aromatic heterocycles. The molecule has 1 heterocycles. The normalized spacial score (nSPS) is 12.8. The van der Waals surface area contributed by atoms with E-state index in [1.54, 1.807) is 30.6 Å². The number of carbonyl (C=O) groups is 1. The van der Waals surface area contributed by atoms with Crippen molar-refractivity contribution in [3.63, 3.8) is 0 Å². The van der Waals surface area contributed by atoms with Crippen molar-refractivity contribution < 1.29 is 9.18 Å². The van der Waals surface area contributed by atoms with Crippen LogP contribution in [0, 0.1) is 12.7 Å². The van der Waals surface area contributed by atoms with E-state index >= 15 is 0 Å². The minimum atomic E-state index is -1.85. The number of benzene rings is 1. The second-order valence-electron chi connectivity index (χ2n) is 4.42. The van der Waals surface area contributed by atoms with Crippen LogP contribution in [-0.4, -0.2) is 14.8 Å². The van der Waals surface area contributed by atoms with Gasteiger partial charge in [-0.3, -0.25) is 5.32 Å². The Balaban J connectivity index is 2.19. The van der Waals surface area contributed by atoms with Crippen LogP contribution in [-0.2, 0) is 0 Å². The van der Waals surface area contributed by atoms with Gasteiger partial charge in [-0.1, -0.05) is 46.9 Å². The van der Waals surface area contributed by atoms with Crippen LogP contribution in [0.3, 0.4) is 0 Å². The number of carbonyl (C=O) groups excluding carboxylic acids is 1. The molecule has 0 bridgehead atoms. The number of hydrogen-bond acceptors (Lipinski definition) is 3. The minimum absolute atomic E-state index is 0.345. The molecule has 0 aliphatic rings. The Morgan fingerprint density at radius 1 is 1.41 bits per heavy atom. The standard InChI is InChI=1S/C13H11Cl3FN3OS/c1-7-2-3-8(6-9(7)17)10(13(14,15)16)19-11(21)20-12-18-4-5-22-12/h2-6,10H,1H3,(H2,18,19,20,21)/t10-/m1/s1. The summed E-state index contributed by atoms with van der Waals surface area (Å²) >= 11 is 19.0. The molecule has 2 aromatic rings. The van der Waals surface area contributed by atoms with Crippen molar-refractivity contribution in [2.24, 2.45) is 0 Å². The van der Waals surface area contributed by atoms with Gasteiger partial charge in [-0.2, -0.15) is 0 Å². The van der Waals surface area contributed by atoms with Crippen LogP contribution in [0.5, 0.6) is 0 Å². The Labute approximate surface area is 145 Å². The van der Waals surface area contributed by atoms with Crippen LogP contribution >= 0.6 is 46.1 Å². The summed E-state index contributed by atoms with van der Waals surface area (Å²) in [7, 11) is 0. The summed E-state index contributed by atoms with van der Waals surface area (Å²) in [5.74, 6) is -0.445. The molecule has 0 aliphatic heterocycles. The SMILES string of the molecule is Cc1ccc([C@@H](NC(=O)Nc2nccs2)C(Cl)(Cl)Cl)cc1F. The van der Waals surface area contributed by atoms with Gasteiger partial charge in [0.05, 0.1) is 0 Å². The van der Waals surface area contributed by atoms with E-state index in [4.69, 9.17) is 34.8 Å². The molecule has 0 fully saturated rings. The number of urea groups is 1. The average Bonchev–Trinajstić information content (AvgIpc) is 2.91. The average molecular weight is 383 g/mol. The summed E-state index contributed by atoms with van der Waals surface area (Å²) in [5.41, 5.74) is 0.802. The fourth-order valence-corrected chi connectivity index (χ4v) is 2.76. The Bertz CT molecular complexity index is 661. The minimum Gasteiger partial charge on any atom is -0.327 e. The molecule has 0 saturated heterocycles. The number of hydrogen-bond donors (Lipinski definition) is 2. The van der Waals surface area contributed by atoms with Gasteiger partial charge in [0.1, 0.15) is 11.9 Å². The third-order valence-electron chi connectivity index (χ3n) is 2.78. The van der Waals surface area contributed by atoms with E-state index in [2.05, 4.69) is 15.6 Å². The molecule has 1 aromatic carbocycles. The highest BCUT2D eigenvalue weighted by molar-refractivity contribution is 7.13. The zero-order valence-electron chi connectivity index (χ0n) is 11.2. The Morgan fingerprint density at radius 2 is 2.14 bits per heavy atom. The van der Waals surface area contributed by atoms with E-state index in [9.17, 15) is 9.18 Å². The number of nitrogens with zero attached hydrogens (tertiary/aromatic N) is 1. The van der Waals surface area contributed by atoms with Crippen molar-refractivity contribution in [3.8, 4) is 0 Å². The molecule has 0 aliphatic carbocycles. The van der Waals surface area contributed by atoms with Crippen LogP contribution < -0.4 is 10.6 Å². The number of thiazole rings is 1. The summed E-state index contributed by atoms with van der Waals surface area (Å²) in [6.45, 7) is 1.62. The third kappa shape index (κ3) is 4.46. The summed E-state index contributed by atoms with van der Waals surface area (Å²) in [5, 5.41) is 7.12. The fourth-order valence-electron chi connectivity index (χ4n) is 1.69. The van der Waals surface area contributed by atoms with Crippen molar-refractivity contribution in [2.75, 3.05) is 5.32 Å². The van der Waals surface area contributed by atoms with Crippen molar-refractivity contribution in [1.29, 1.82) is 0 Å². The molecule has 118 valence electrons. The van der Waals surface area contributed by atoms with Gasteiger partial charge in [0.2, 0.25) is 3.79 Å². The Kier molecular flexibility index (Phi) is 5.50. The first-order valence-corrected chi connectivity index (χ1v) is 8.08. The second-order valence-corrected chi connectivity index (χ2v) is 7.68. The Hall–Kier alpha value is -1.08. The summed E-state index contributed by atoms with van der Waals surface area (Å²) < 4.78 is 11.9. The van der Waals surface area contributed by atoms with E-state index in [1.165, 1.54) is 17.4 Å². The molecule has 2 rings (SSSR count). The zero-order valence-corrected chi connectivity index (χ0v) is 14.3. The lowest BCUT2D eigenvalue weighted by Crippen LogP contribution is -2.39. The van der Waals surface area contributed by atoms with Crippen molar-refractivity contribution in [1.82, 2.24) is 10.3 Å². The molecule has 0 saturated carbocycles. The van der Waals surface area contributed by atoms with Crippen LogP contribution in [0.2, 0.25) is 0 Å². The lowest BCUT2D eigenvalue weighted by Gasteiger charge is -2.26. The fraction of sp³-hybridized carbons (Fsp3) is 0.231. The van der Waals surface area contributed by atoms with Crippen molar-refractivity contribution in [3.05, 3.63) is 46.7 Å². The number of nitrogens with one attached hydrogen (secondary N) is 2. The summed E-state index contributed by atoms with van der Waals surface area (Å²) in [6, 6.07) is 2.74. The number of alkyl halides is 3. The molecule has 0 radical (unpaired) electrons. The van der Waals surface area contributed by atoms with E-state index < -0.39 is 21.7 Å². The first-order valence-electron chi connectivity index (χ1n) is 6.07. The predicted octanol–water partition coefficient (Wildman–Crippen LogP) is 4.82. The third-order valence-corrected chi connectivity index (χ3v) is 4.13. The van der Waals surface area contributed by atoms with E-state index in [0.717, 1.165) is 0 Å². The van der Waals surface area contributed by atoms with Crippen molar-refractivity contribution in [2.45, 2.75) is 16.8 Å². The number of amides is 2. The van der Waals surface area contributed by atoms with Crippen molar-refractivity contribution >= 4 is 57.3 Å². The smallest absolute Gasteiger partial charge is 0.321 e. The molecular weight excluding hydrogens is 372 g/mol. The molecule has 4 nitrogen and oxygen atoms in total. The van der Waals surface area contributed by atoms with Gasteiger partial charge >= 0.3 is 6.03 Å². The molecular formula is C13H11Cl3FN3OS. The zero-order chi connectivity index (χ0) is 16.3. The van der Waals surface area contributed by atoms with Gasteiger partial charge in [0.15, 0.2) is 5.13 Å². The highest BCUT2D eigenvalue weighted by Crippen LogP contribution is 2.40. The molecule has 9 heteroatoms. The molecule has 22 heavy (non-hydrogen) atoms. The van der Waals surface area contributed by atoms with Gasteiger partial charge in [0, 0.05) is 11.6 Å². The van der Waals surface area contributed by atoms with Gasteiger partial charge in [-0.15, -0.1) is 11.3 Å². The Morgan fingerprint density at radius 3 is 2.68 bits per heavy atom. The van der Waals surface area contributed by atoms with Crippen LogP contribution in [0.15, 0.2) is 29.8 Å². The van der Waals surface area contributed by atoms with Gasteiger partial charge in [0.25, 0.3) is 0 Å². The topological polar surface area (TPSA) is 54.0 Å². The van der Waals surface area contributed by atoms with E-state index in [0.29, 0.717) is 16.3 Å². The maximum atomic E-state index is 13.7. The van der Waals surface area contributed by atoms with Crippen LogP contribution in [0.1, 0.15) is 17.2 Å². The van der Waals surface area contributed by atoms with Crippen LogP contribution in [0.25, 0.3) is 0 Å².